The molecule has 8 heteroatoms. The summed E-state index contributed by atoms with van der Waals surface area (Å²) >= 11 is 0. The van der Waals surface area contributed by atoms with Crippen LogP contribution in [0.1, 0.15) is 75.7 Å². The van der Waals surface area contributed by atoms with Crippen molar-refractivity contribution in [1.82, 2.24) is 20.5 Å². The highest BCUT2D eigenvalue weighted by Gasteiger charge is 2.28. The number of carbonyl (C=O) groups is 1. The Morgan fingerprint density at radius 3 is 2.30 bits per heavy atom. The first kappa shape index (κ1) is 31.1. The molecular weight excluding hydrogens is 540 g/mol. The molecular formula is C35H46N4O4. The molecule has 0 saturated carbocycles. The second-order valence-electron chi connectivity index (χ2n) is 12.1. The molecule has 2 unspecified atom stereocenters. The van der Waals surface area contributed by atoms with Crippen molar-refractivity contribution in [3.8, 4) is 11.1 Å². The van der Waals surface area contributed by atoms with Gasteiger partial charge in [0.05, 0.1) is 19.3 Å². The molecule has 0 bridgehead atoms. The molecule has 2 saturated heterocycles. The molecule has 0 radical (unpaired) electrons. The fraction of sp³-hybridized carbons (Fsp3) is 0.486. The van der Waals surface area contributed by atoms with Crippen LogP contribution in [0.4, 0.5) is 0 Å². The Labute approximate surface area is 255 Å². The number of H-pyrrole nitrogens is 1. The van der Waals surface area contributed by atoms with E-state index in [1.807, 2.05) is 46.9 Å². The van der Waals surface area contributed by atoms with Gasteiger partial charge in [0.2, 0.25) is 0 Å². The van der Waals surface area contributed by atoms with Crippen molar-refractivity contribution in [2.24, 2.45) is 5.92 Å². The molecule has 1 amide bonds. The first-order valence-electron chi connectivity index (χ1n) is 15.6. The number of aryl methyl sites for hydroxylation is 2. The van der Waals surface area contributed by atoms with Gasteiger partial charge in [-0.25, -0.2) is 0 Å². The van der Waals surface area contributed by atoms with Gasteiger partial charge in [-0.05, 0) is 105 Å². The second-order valence-corrected chi connectivity index (χ2v) is 12.1. The van der Waals surface area contributed by atoms with Crippen molar-refractivity contribution in [2.45, 2.75) is 59.2 Å². The normalized spacial score (nSPS) is 17.9. The van der Waals surface area contributed by atoms with Gasteiger partial charge in [-0.2, -0.15) is 0 Å². The SMILES string of the molecule is CNC(c1cc(-c2ccc(CN3CCOCC3)cc2)cc(C(=O)NC(C)c2c(C)cc(C)[nH]c2=O)c1C)C1CCOCC1. The molecule has 5 rings (SSSR count). The molecule has 0 aliphatic carbocycles. The summed E-state index contributed by atoms with van der Waals surface area (Å²) in [6, 6.07) is 14.5. The van der Waals surface area contributed by atoms with Crippen LogP contribution in [0.15, 0.2) is 47.3 Å². The highest BCUT2D eigenvalue weighted by atomic mass is 16.5. The van der Waals surface area contributed by atoms with Gasteiger partial charge >= 0.3 is 0 Å². The van der Waals surface area contributed by atoms with Gasteiger partial charge < -0.3 is 25.1 Å². The second kappa shape index (κ2) is 14.0. The fourth-order valence-corrected chi connectivity index (χ4v) is 6.73. The van der Waals surface area contributed by atoms with Crippen LogP contribution < -0.4 is 16.2 Å². The molecule has 8 nitrogen and oxygen atoms in total. The number of aromatic amines is 1. The number of rotatable bonds is 9. The number of nitrogens with one attached hydrogen (secondary N) is 3. The molecule has 2 fully saturated rings. The molecule has 43 heavy (non-hydrogen) atoms. The average Bonchev–Trinajstić information content (AvgIpc) is 2.99. The first-order valence-corrected chi connectivity index (χ1v) is 15.6. The summed E-state index contributed by atoms with van der Waals surface area (Å²) in [5, 5.41) is 6.70. The summed E-state index contributed by atoms with van der Waals surface area (Å²) < 4.78 is 11.2. The topological polar surface area (TPSA) is 95.7 Å². The summed E-state index contributed by atoms with van der Waals surface area (Å²) in [6.07, 6.45) is 1.94. The molecule has 2 aliphatic rings. The lowest BCUT2D eigenvalue weighted by Gasteiger charge is -2.32. The number of hydrogen-bond donors (Lipinski definition) is 3. The van der Waals surface area contributed by atoms with E-state index in [2.05, 4.69) is 50.8 Å². The Morgan fingerprint density at radius 2 is 1.65 bits per heavy atom. The number of amides is 1. The zero-order valence-electron chi connectivity index (χ0n) is 26.2. The van der Waals surface area contributed by atoms with Crippen molar-refractivity contribution in [1.29, 1.82) is 0 Å². The minimum absolute atomic E-state index is 0.0932. The largest absolute Gasteiger partial charge is 0.381 e. The van der Waals surface area contributed by atoms with Crippen LogP contribution >= 0.6 is 0 Å². The Hall–Kier alpha value is -3.30. The van der Waals surface area contributed by atoms with Crippen LogP contribution in [0, 0.1) is 26.7 Å². The third kappa shape index (κ3) is 7.27. The highest BCUT2D eigenvalue weighted by molar-refractivity contribution is 5.97. The summed E-state index contributed by atoms with van der Waals surface area (Å²) in [4.78, 5) is 32.1. The van der Waals surface area contributed by atoms with Crippen LogP contribution in [0.2, 0.25) is 0 Å². The van der Waals surface area contributed by atoms with Crippen molar-refractivity contribution in [2.75, 3.05) is 46.6 Å². The molecule has 0 spiro atoms. The minimum atomic E-state index is -0.446. The number of ether oxygens (including phenoxy) is 2. The fourth-order valence-electron chi connectivity index (χ4n) is 6.73. The predicted octanol–water partition coefficient (Wildman–Crippen LogP) is 4.98. The van der Waals surface area contributed by atoms with Crippen LogP contribution in [0.3, 0.4) is 0 Å². The Bertz CT molecular complexity index is 1470. The van der Waals surface area contributed by atoms with Crippen molar-refractivity contribution in [3.63, 3.8) is 0 Å². The molecule has 3 heterocycles. The number of carbonyl (C=O) groups excluding carboxylic acids is 1. The van der Waals surface area contributed by atoms with Gasteiger partial charge in [-0.3, -0.25) is 14.5 Å². The number of nitrogens with zero attached hydrogens (tertiary/aromatic N) is 1. The van der Waals surface area contributed by atoms with E-state index in [-0.39, 0.29) is 17.5 Å². The Kier molecular flexibility index (Phi) is 10.1. The van der Waals surface area contributed by atoms with E-state index in [1.54, 1.807) is 0 Å². The molecule has 1 aromatic heterocycles. The summed E-state index contributed by atoms with van der Waals surface area (Å²) in [6.45, 7) is 13.6. The first-order chi connectivity index (χ1) is 20.7. The van der Waals surface area contributed by atoms with E-state index < -0.39 is 6.04 Å². The Balaban J connectivity index is 1.49. The van der Waals surface area contributed by atoms with Gasteiger partial charge in [-0.15, -0.1) is 0 Å². The third-order valence-corrected chi connectivity index (χ3v) is 9.07. The van der Waals surface area contributed by atoms with E-state index in [4.69, 9.17) is 9.47 Å². The highest BCUT2D eigenvalue weighted by Crippen LogP contribution is 2.36. The third-order valence-electron chi connectivity index (χ3n) is 9.07. The lowest BCUT2D eigenvalue weighted by Crippen LogP contribution is -2.35. The molecule has 2 aliphatic heterocycles. The quantitative estimate of drug-likeness (QED) is 0.328. The molecule has 3 N–H and O–H groups in total. The predicted molar refractivity (Wildman–Crippen MR) is 170 cm³/mol. The van der Waals surface area contributed by atoms with Crippen LogP contribution in [-0.2, 0) is 16.0 Å². The standard InChI is InChI=1S/C35H46N4O4/c1-22-18-23(2)37-35(41)32(22)25(4)38-34(40)31-20-29(19-30(24(31)3)33(36-5)28-10-14-42-15-11-28)27-8-6-26(7-9-27)21-39-12-16-43-17-13-39/h6-9,18-20,25,28,33,36H,10-17,21H2,1-5H3,(H,37,41)(H,38,40). The maximum Gasteiger partial charge on any atom is 0.253 e. The smallest absolute Gasteiger partial charge is 0.253 e. The lowest BCUT2D eigenvalue weighted by atomic mass is 9.82. The molecule has 230 valence electrons. The monoisotopic (exact) mass is 586 g/mol. The number of hydrogen-bond acceptors (Lipinski definition) is 6. The maximum atomic E-state index is 14.0. The maximum absolute atomic E-state index is 14.0. The summed E-state index contributed by atoms with van der Waals surface area (Å²) in [5.74, 6) is 0.227. The zero-order chi connectivity index (χ0) is 30.5. The van der Waals surface area contributed by atoms with Crippen molar-refractivity contribution >= 4 is 5.91 Å². The number of aromatic nitrogens is 1. The average molecular weight is 587 g/mol. The Morgan fingerprint density at radius 1 is 0.977 bits per heavy atom. The molecule has 2 aromatic carbocycles. The van der Waals surface area contributed by atoms with E-state index in [1.165, 1.54) is 5.56 Å². The van der Waals surface area contributed by atoms with Gasteiger partial charge in [-0.1, -0.05) is 24.3 Å². The number of benzene rings is 2. The van der Waals surface area contributed by atoms with Gasteiger partial charge in [0, 0.05) is 55.7 Å². The van der Waals surface area contributed by atoms with Gasteiger partial charge in [0.25, 0.3) is 11.5 Å². The minimum Gasteiger partial charge on any atom is -0.381 e. The van der Waals surface area contributed by atoms with E-state index in [9.17, 15) is 9.59 Å². The van der Waals surface area contributed by atoms with E-state index in [0.717, 1.165) is 92.4 Å². The van der Waals surface area contributed by atoms with E-state index >= 15 is 0 Å². The van der Waals surface area contributed by atoms with Crippen molar-refractivity contribution in [3.05, 3.63) is 91.9 Å². The lowest BCUT2D eigenvalue weighted by molar-refractivity contribution is 0.0342. The van der Waals surface area contributed by atoms with Crippen molar-refractivity contribution < 1.29 is 14.3 Å². The van der Waals surface area contributed by atoms with Crippen LogP contribution in [0.25, 0.3) is 11.1 Å². The molecule has 3 aromatic rings. The number of morpholine rings is 1. The summed E-state index contributed by atoms with van der Waals surface area (Å²) in [5.41, 5.74) is 8.15. The van der Waals surface area contributed by atoms with Gasteiger partial charge in [0.1, 0.15) is 0 Å². The zero-order valence-corrected chi connectivity index (χ0v) is 26.2. The van der Waals surface area contributed by atoms with E-state index in [0.29, 0.717) is 17.0 Å². The molecule has 2 atom stereocenters. The van der Waals surface area contributed by atoms with Crippen LogP contribution in [-0.4, -0.2) is 62.4 Å². The van der Waals surface area contributed by atoms with Crippen LogP contribution in [0.5, 0.6) is 0 Å². The number of pyridine rings is 1. The van der Waals surface area contributed by atoms with Gasteiger partial charge in [0.15, 0.2) is 0 Å². The summed E-state index contributed by atoms with van der Waals surface area (Å²) in [7, 11) is 2.00.